The SMILES string of the molecule is O=C(/C=C/CN1CCC[C@@H](Oc2ccc(/C(=C(/CC(F)(F)F)c3ccccc3)c3ccc4[nH]nc(F)c4c3)cn2)C1)N1CCCC1. The van der Waals surface area contributed by atoms with Gasteiger partial charge < -0.3 is 9.64 Å². The Hall–Kier alpha value is -4.51. The lowest BCUT2D eigenvalue weighted by Crippen LogP contribution is -2.41. The summed E-state index contributed by atoms with van der Waals surface area (Å²) in [6.45, 7) is 3.84. The highest BCUT2D eigenvalue weighted by molar-refractivity contribution is 6.00. The van der Waals surface area contributed by atoms with Crippen LogP contribution in [0.4, 0.5) is 17.6 Å². The molecule has 4 heterocycles. The molecule has 0 spiro atoms. The molecular weight excluding hydrogens is 598 g/mol. The maximum Gasteiger partial charge on any atom is 0.393 e. The fourth-order valence-corrected chi connectivity index (χ4v) is 6.22. The first-order chi connectivity index (χ1) is 22.2. The van der Waals surface area contributed by atoms with Gasteiger partial charge in [-0.25, -0.2) is 4.98 Å². The quantitative estimate of drug-likeness (QED) is 0.122. The molecule has 2 aliphatic rings. The number of nitrogens with zero attached hydrogens (tertiary/aromatic N) is 4. The van der Waals surface area contributed by atoms with E-state index in [0.717, 1.165) is 45.3 Å². The molecule has 4 aromatic rings. The van der Waals surface area contributed by atoms with Crippen molar-refractivity contribution in [2.75, 3.05) is 32.7 Å². The van der Waals surface area contributed by atoms with Crippen molar-refractivity contribution >= 4 is 28.0 Å². The van der Waals surface area contributed by atoms with E-state index in [2.05, 4.69) is 20.1 Å². The smallest absolute Gasteiger partial charge is 0.393 e. The van der Waals surface area contributed by atoms with E-state index >= 15 is 0 Å². The second kappa shape index (κ2) is 13.9. The summed E-state index contributed by atoms with van der Waals surface area (Å²) in [5.41, 5.74) is 2.04. The summed E-state index contributed by atoms with van der Waals surface area (Å²) in [6.07, 6.45) is 3.13. The highest BCUT2D eigenvalue weighted by Gasteiger charge is 2.32. The van der Waals surface area contributed by atoms with Crippen molar-refractivity contribution in [2.24, 2.45) is 0 Å². The van der Waals surface area contributed by atoms with Gasteiger partial charge in [-0.2, -0.15) is 17.6 Å². The van der Waals surface area contributed by atoms with Crippen molar-refractivity contribution in [3.05, 3.63) is 102 Å². The van der Waals surface area contributed by atoms with Crippen molar-refractivity contribution in [2.45, 2.75) is 44.4 Å². The van der Waals surface area contributed by atoms with Gasteiger partial charge in [-0.3, -0.25) is 14.8 Å². The number of H-pyrrole nitrogens is 1. The van der Waals surface area contributed by atoms with Crippen LogP contribution in [0.3, 0.4) is 0 Å². The minimum atomic E-state index is -4.50. The van der Waals surface area contributed by atoms with Gasteiger partial charge >= 0.3 is 6.18 Å². The number of alkyl halides is 3. The van der Waals surface area contributed by atoms with Gasteiger partial charge in [0.05, 0.1) is 17.3 Å². The van der Waals surface area contributed by atoms with E-state index in [1.54, 1.807) is 60.7 Å². The molecule has 6 rings (SSSR count). The van der Waals surface area contributed by atoms with Crippen molar-refractivity contribution in [3.8, 4) is 5.88 Å². The average Bonchev–Trinajstić information content (AvgIpc) is 3.72. The Morgan fingerprint density at radius 3 is 2.50 bits per heavy atom. The number of pyridine rings is 1. The number of benzene rings is 2. The van der Waals surface area contributed by atoms with Crippen LogP contribution in [0, 0.1) is 5.95 Å². The van der Waals surface area contributed by atoms with Gasteiger partial charge in [0, 0.05) is 50.1 Å². The van der Waals surface area contributed by atoms with E-state index in [1.165, 1.54) is 12.3 Å². The Labute approximate surface area is 264 Å². The Balaban J connectivity index is 1.24. The van der Waals surface area contributed by atoms with Crippen molar-refractivity contribution in [3.63, 3.8) is 0 Å². The molecule has 0 saturated carbocycles. The van der Waals surface area contributed by atoms with Gasteiger partial charge in [0.15, 0.2) is 0 Å². The number of halogens is 4. The third-order valence-corrected chi connectivity index (χ3v) is 8.42. The van der Waals surface area contributed by atoms with E-state index in [0.29, 0.717) is 46.7 Å². The standard InChI is InChI=1S/C35H35F4N5O2/c36-34-28-20-25(12-14-30(28)41-42-34)33(29(21-35(37,38)39)24-8-2-1-3-9-24)26-13-15-31(40-22-26)46-27-10-6-16-43(23-27)17-7-11-32(45)44-18-4-5-19-44/h1-3,7-9,11-15,20,22,27H,4-6,10,16-19,21,23H2,(H,41,42)/b11-7+,33-29-/t27-/m1/s1. The number of ether oxygens (including phenoxy) is 1. The van der Waals surface area contributed by atoms with Crippen LogP contribution in [-0.2, 0) is 4.79 Å². The number of aromatic nitrogens is 3. The number of fused-ring (bicyclic) bond motifs is 1. The first-order valence-electron chi connectivity index (χ1n) is 15.5. The van der Waals surface area contributed by atoms with E-state index in [-0.39, 0.29) is 23.0 Å². The number of carbonyl (C=O) groups excluding carboxylic acids is 1. The van der Waals surface area contributed by atoms with Crippen LogP contribution in [0.15, 0.2) is 79.0 Å². The fourth-order valence-electron chi connectivity index (χ4n) is 6.22. The van der Waals surface area contributed by atoms with Gasteiger partial charge in [-0.1, -0.05) is 42.5 Å². The minimum Gasteiger partial charge on any atom is -0.473 e. The van der Waals surface area contributed by atoms with Gasteiger partial charge in [0.2, 0.25) is 17.7 Å². The second-order valence-corrected chi connectivity index (χ2v) is 11.7. The van der Waals surface area contributed by atoms with E-state index < -0.39 is 18.5 Å². The van der Waals surface area contributed by atoms with Crippen molar-refractivity contribution in [1.82, 2.24) is 25.0 Å². The zero-order valence-corrected chi connectivity index (χ0v) is 25.3. The number of aromatic amines is 1. The number of hydrogen-bond acceptors (Lipinski definition) is 5. The summed E-state index contributed by atoms with van der Waals surface area (Å²) in [7, 11) is 0. The Kier molecular flexibility index (Phi) is 9.48. The first-order valence-corrected chi connectivity index (χ1v) is 15.5. The fraction of sp³-hybridized carbons (Fsp3) is 0.343. The van der Waals surface area contributed by atoms with Gasteiger partial charge in [0.25, 0.3) is 0 Å². The molecule has 2 aromatic heterocycles. The third-order valence-electron chi connectivity index (χ3n) is 8.42. The monoisotopic (exact) mass is 633 g/mol. The number of hydrogen-bond donors (Lipinski definition) is 1. The molecule has 1 N–H and O–H groups in total. The minimum absolute atomic E-state index is 0.0472. The zero-order valence-electron chi connectivity index (χ0n) is 25.3. The van der Waals surface area contributed by atoms with Crippen LogP contribution >= 0.6 is 0 Å². The van der Waals surface area contributed by atoms with Crippen molar-refractivity contribution < 1.29 is 27.1 Å². The van der Waals surface area contributed by atoms with Crippen LogP contribution in [0.1, 0.15) is 48.8 Å². The molecule has 0 unspecified atom stereocenters. The van der Waals surface area contributed by atoms with Crippen LogP contribution in [0.25, 0.3) is 22.0 Å². The van der Waals surface area contributed by atoms with Crippen LogP contribution in [0.2, 0.25) is 0 Å². The number of likely N-dealkylation sites (tertiary alicyclic amines) is 2. The molecule has 2 aliphatic heterocycles. The predicted molar refractivity (Wildman–Crippen MR) is 168 cm³/mol. The van der Waals surface area contributed by atoms with Crippen LogP contribution < -0.4 is 4.74 Å². The summed E-state index contributed by atoms with van der Waals surface area (Å²) in [6, 6.07) is 16.5. The number of allylic oxidation sites excluding steroid dienone is 1. The van der Waals surface area contributed by atoms with Crippen LogP contribution in [-0.4, -0.2) is 75.9 Å². The molecule has 11 heteroatoms. The molecule has 0 aliphatic carbocycles. The molecule has 7 nitrogen and oxygen atoms in total. The Morgan fingerprint density at radius 1 is 0.978 bits per heavy atom. The maximum absolute atomic E-state index is 14.5. The normalized spacial score (nSPS) is 18.3. The summed E-state index contributed by atoms with van der Waals surface area (Å²) < 4.78 is 62.7. The average molecular weight is 634 g/mol. The summed E-state index contributed by atoms with van der Waals surface area (Å²) >= 11 is 0. The second-order valence-electron chi connectivity index (χ2n) is 11.7. The predicted octanol–water partition coefficient (Wildman–Crippen LogP) is 7.03. The highest BCUT2D eigenvalue weighted by Crippen LogP contribution is 2.40. The largest absolute Gasteiger partial charge is 0.473 e. The molecule has 2 aromatic carbocycles. The number of nitrogens with one attached hydrogen (secondary N) is 1. The highest BCUT2D eigenvalue weighted by atomic mass is 19.4. The molecule has 46 heavy (non-hydrogen) atoms. The van der Waals surface area contributed by atoms with E-state index in [4.69, 9.17) is 4.74 Å². The molecule has 2 saturated heterocycles. The molecule has 1 atom stereocenters. The summed E-state index contributed by atoms with van der Waals surface area (Å²) in [5, 5.41) is 6.38. The summed E-state index contributed by atoms with van der Waals surface area (Å²) in [5.74, 6) is -0.311. The maximum atomic E-state index is 14.5. The lowest BCUT2D eigenvalue weighted by molar-refractivity contribution is -0.125. The number of amides is 1. The summed E-state index contributed by atoms with van der Waals surface area (Å²) in [4.78, 5) is 20.9. The molecule has 0 radical (unpaired) electrons. The Morgan fingerprint density at radius 2 is 1.76 bits per heavy atom. The van der Waals surface area contributed by atoms with Gasteiger partial charge in [0.1, 0.15) is 6.10 Å². The molecule has 240 valence electrons. The van der Waals surface area contributed by atoms with Gasteiger partial charge in [-0.05, 0) is 72.7 Å². The molecule has 1 amide bonds. The number of carbonyl (C=O) groups is 1. The van der Waals surface area contributed by atoms with Crippen molar-refractivity contribution in [1.29, 1.82) is 0 Å². The topological polar surface area (TPSA) is 74.3 Å². The number of rotatable bonds is 9. The van der Waals surface area contributed by atoms with Gasteiger partial charge in [-0.15, -0.1) is 5.10 Å². The van der Waals surface area contributed by atoms with E-state index in [9.17, 15) is 22.4 Å². The lowest BCUT2D eigenvalue weighted by atomic mass is 9.88. The number of piperidine rings is 1. The molecule has 0 bridgehead atoms. The molecular formula is C35H35F4N5O2. The Bertz CT molecular complexity index is 1710. The third kappa shape index (κ3) is 7.64. The first kappa shape index (κ1) is 31.5. The molecule has 2 fully saturated rings. The zero-order chi connectivity index (χ0) is 32.1. The van der Waals surface area contributed by atoms with E-state index in [1.807, 2.05) is 11.0 Å². The lowest BCUT2D eigenvalue weighted by Gasteiger charge is -2.31. The van der Waals surface area contributed by atoms with Crippen LogP contribution in [0.5, 0.6) is 5.88 Å².